The molecule has 0 aromatic heterocycles. The molecule has 0 radical (unpaired) electrons. The van der Waals surface area contributed by atoms with Crippen molar-refractivity contribution in [1.82, 2.24) is 0 Å². The number of rotatable bonds is 27. The number of hydrogen-bond donors (Lipinski definition) is 7. The minimum atomic E-state index is -1.75. The predicted octanol–water partition coefficient (Wildman–Crippen LogP) is 1.75. The molecule has 0 saturated carbocycles. The molecule has 2 rings (SSSR count). The first-order valence-electron chi connectivity index (χ1n) is 19.1. The lowest BCUT2D eigenvalue weighted by Gasteiger charge is -2.42. The monoisotopic (exact) mass is 738 g/mol. The molecule has 7 N–H and O–H groups in total. The van der Waals surface area contributed by atoms with E-state index in [-0.39, 0.29) is 26.1 Å². The first-order valence-corrected chi connectivity index (χ1v) is 19.1. The van der Waals surface area contributed by atoms with Crippen LogP contribution in [0.25, 0.3) is 0 Å². The molecule has 300 valence electrons. The Kier molecular flexibility index (Phi) is 23.5. The molecule has 2 aliphatic rings. The van der Waals surface area contributed by atoms with E-state index in [1.807, 2.05) is 6.92 Å². The normalized spacial score (nSPS) is 30.2. The van der Waals surface area contributed by atoms with Crippen LogP contribution in [0.15, 0.2) is 0 Å². The Morgan fingerprint density at radius 2 is 1.02 bits per heavy atom. The van der Waals surface area contributed by atoms with Gasteiger partial charge in [0.15, 0.2) is 18.7 Å². The maximum Gasteiger partial charge on any atom is 0.306 e. The lowest BCUT2D eigenvalue weighted by molar-refractivity contribution is -0.332. The van der Waals surface area contributed by atoms with Crippen LogP contribution in [0.3, 0.4) is 0 Å². The quantitative estimate of drug-likeness (QED) is 0.0470. The van der Waals surface area contributed by atoms with Gasteiger partial charge in [-0.25, -0.2) is 0 Å². The van der Waals surface area contributed by atoms with Gasteiger partial charge in [-0.05, 0) is 12.8 Å². The first-order chi connectivity index (χ1) is 24.5. The van der Waals surface area contributed by atoms with Crippen molar-refractivity contribution in [3.05, 3.63) is 0 Å². The van der Waals surface area contributed by atoms with Gasteiger partial charge in [-0.15, -0.1) is 0 Å². The highest BCUT2D eigenvalue weighted by Gasteiger charge is 2.47. The Balaban J connectivity index is 1.83. The highest BCUT2D eigenvalue weighted by Crippen LogP contribution is 2.26. The van der Waals surface area contributed by atoms with Crippen molar-refractivity contribution in [1.29, 1.82) is 0 Å². The van der Waals surface area contributed by atoms with E-state index in [1.54, 1.807) is 0 Å². The summed E-state index contributed by atoms with van der Waals surface area (Å²) in [5.74, 6) is -0.963. The Morgan fingerprint density at radius 1 is 0.549 bits per heavy atom. The van der Waals surface area contributed by atoms with E-state index in [9.17, 15) is 45.3 Å². The topological polar surface area (TPSA) is 231 Å². The summed E-state index contributed by atoms with van der Waals surface area (Å²) in [5, 5.41) is 71.2. The Labute approximate surface area is 302 Å². The average Bonchev–Trinajstić information content (AvgIpc) is 3.12. The zero-order chi connectivity index (χ0) is 37.6. The number of unbranched alkanes of at least 4 members (excludes halogenated alkanes) is 13. The van der Waals surface area contributed by atoms with Crippen LogP contribution >= 0.6 is 0 Å². The number of aliphatic hydroxyl groups is 7. The van der Waals surface area contributed by atoms with Gasteiger partial charge < -0.3 is 64.2 Å². The summed E-state index contributed by atoms with van der Waals surface area (Å²) in [4.78, 5) is 24.9. The Bertz CT molecular complexity index is 923. The molecule has 0 bridgehead atoms. The van der Waals surface area contributed by atoms with Gasteiger partial charge in [0.1, 0.15) is 55.4 Å². The molecule has 2 aliphatic heterocycles. The number of carbonyl (C=O) groups is 2. The summed E-state index contributed by atoms with van der Waals surface area (Å²) >= 11 is 0. The fourth-order valence-electron chi connectivity index (χ4n) is 6.02. The van der Waals surface area contributed by atoms with E-state index in [4.69, 9.17) is 28.4 Å². The summed E-state index contributed by atoms with van der Waals surface area (Å²) in [7, 11) is 0. The van der Waals surface area contributed by atoms with Crippen LogP contribution < -0.4 is 0 Å². The van der Waals surface area contributed by atoms with Gasteiger partial charge in [0.25, 0.3) is 0 Å². The number of aliphatic hydroxyl groups excluding tert-OH is 7. The summed E-state index contributed by atoms with van der Waals surface area (Å²) in [6.07, 6.45) is 0.191. The molecule has 15 nitrogen and oxygen atoms in total. The van der Waals surface area contributed by atoms with E-state index >= 15 is 0 Å². The molecule has 0 amide bonds. The molecule has 51 heavy (non-hydrogen) atoms. The fourth-order valence-corrected chi connectivity index (χ4v) is 6.02. The SMILES string of the molecule is CCCCCCCCCCCCCCCC(=O)O[C@H](COC(=O)CCCC)CO[C@@H]1O[C@H](CO[C@H]2O[C@H](CO)[C@H](O)[C@H](O)[C@H]2O)[C@H](O)[C@H](O)[C@H]1O. The minimum absolute atomic E-state index is 0.170. The fraction of sp³-hybridized carbons (Fsp3) is 0.944. The largest absolute Gasteiger partial charge is 0.462 e. The van der Waals surface area contributed by atoms with Crippen molar-refractivity contribution in [2.75, 3.05) is 26.4 Å². The van der Waals surface area contributed by atoms with Gasteiger partial charge in [0.05, 0.1) is 19.8 Å². The summed E-state index contributed by atoms with van der Waals surface area (Å²) in [6.45, 7) is 2.28. The third kappa shape index (κ3) is 17.0. The van der Waals surface area contributed by atoms with Crippen molar-refractivity contribution in [2.45, 2.75) is 191 Å². The van der Waals surface area contributed by atoms with E-state index in [0.29, 0.717) is 12.8 Å². The van der Waals surface area contributed by atoms with Crippen molar-refractivity contribution in [3.63, 3.8) is 0 Å². The molecular weight excluding hydrogens is 672 g/mol. The molecule has 15 heteroatoms. The molecule has 2 heterocycles. The van der Waals surface area contributed by atoms with Gasteiger partial charge in [-0.3, -0.25) is 9.59 Å². The maximum atomic E-state index is 12.7. The van der Waals surface area contributed by atoms with E-state index in [2.05, 4.69) is 6.92 Å². The molecule has 0 spiro atoms. The van der Waals surface area contributed by atoms with E-state index in [1.165, 1.54) is 57.8 Å². The van der Waals surface area contributed by atoms with Crippen LogP contribution in [-0.2, 0) is 38.0 Å². The van der Waals surface area contributed by atoms with Gasteiger partial charge in [0, 0.05) is 12.8 Å². The van der Waals surface area contributed by atoms with Crippen LogP contribution in [0.4, 0.5) is 0 Å². The van der Waals surface area contributed by atoms with Gasteiger partial charge >= 0.3 is 11.9 Å². The number of esters is 2. The third-order valence-electron chi connectivity index (χ3n) is 9.34. The van der Waals surface area contributed by atoms with Crippen molar-refractivity contribution in [2.24, 2.45) is 0 Å². The summed E-state index contributed by atoms with van der Waals surface area (Å²) in [6, 6.07) is 0. The molecular formula is C36H66O15. The highest BCUT2D eigenvalue weighted by atomic mass is 16.7. The van der Waals surface area contributed by atoms with E-state index in [0.717, 1.165) is 25.7 Å². The molecule has 0 unspecified atom stereocenters. The smallest absolute Gasteiger partial charge is 0.306 e. The molecule has 2 saturated heterocycles. The average molecular weight is 739 g/mol. The van der Waals surface area contributed by atoms with Crippen LogP contribution in [0, 0.1) is 0 Å². The maximum absolute atomic E-state index is 12.7. The number of carbonyl (C=O) groups excluding carboxylic acids is 2. The molecule has 0 aromatic rings. The molecule has 2 fully saturated rings. The second kappa shape index (κ2) is 26.3. The minimum Gasteiger partial charge on any atom is -0.462 e. The molecule has 0 aromatic carbocycles. The lowest BCUT2D eigenvalue weighted by Crippen LogP contribution is -2.61. The number of ether oxygens (including phenoxy) is 6. The molecule has 11 atom stereocenters. The van der Waals surface area contributed by atoms with Crippen LogP contribution in [0.2, 0.25) is 0 Å². The predicted molar refractivity (Wildman–Crippen MR) is 183 cm³/mol. The van der Waals surface area contributed by atoms with Crippen LogP contribution in [-0.4, -0.2) is 142 Å². The third-order valence-corrected chi connectivity index (χ3v) is 9.34. The van der Waals surface area contributed by atoms with Crippen LogP contribution in [0.5, 0.6) is 0 Å². The first kappa shape index (κ1) is 45.7. The zero-order valence-corrected chi connectivity index (χ0v) is 30.6. The summed E-state index contributed by atoms with van der Waals surface area (Å²) in [5.41, 5.74) is 0. The standard InChI is InChI=1S/C36H66O15/c1-3-5-7-8-9-10-11-12-13-14-15-16-17-19-28(39)49-24(21-46-27(38)18-6-4-2)22-47-35-34(45)32(43)30(41)26(51-35)23-48-36-33(44)31(42)29(40)25(20-37)50-36/h24-26,29-37,40-45H,3-23H2,1-2H3/t24-,25-,26-,29+,30+,31+,32+,33-,34-,35-,36+/m1/s1. The molecule has 0 aliphatic carbocycles. The van der Waals surface area contributed by atoms with Gasteiger partial charge in [-0.1, -0.05) is 97.3 Å². The lowest BCUT2D eigenvalue weighted by atomic mass is 9.98. The second-order valence-corrected chi connectivity index (χ2v) is 13.8. The Hall–Kier alpha value is -1.50. The van der Waals surface area contributed by atoms with Crippen molar-refractivity contribution >= 4 is 11.9 Å². The van der Waals surface area contributed by atoms with Gasteiger partial charge in [-0.2, -0.15) is 0 Å². The van der Waals surface area contributed by atoms with E-state index < -0.39 is 92.7 Å². The van der Waals surface area contributed by atoms with Crippen LogP contribution in [0.1, 0.15) is 123 Å². The number of hydrogen-bond acceptors (Lipinski definition) is 15. The van der Waals surface area contributed by atoms with Crippen molar-refractivity contribution in [3.8, 4) is 0 Å². The summed E-state index contributed by atoms with van der Waals surface area (Å²) < 4.78 is 32.9. The zero-order valence-electron chi connectivity index (χ0n) is 30.6. The Morgan fingerprint density at radius 3 is 1.57 bits per heavy atom. The second-order valence-electron chi connectivity index (χ2n) is 13.8. The van der Waals surface area contributed by atoms with Gasteiger partial charge in [0.2, 0.25) is 0 Å². The highest BCUT2D eigenvalue weighted by molar-refractivity contribution is 5.70. The van der Waals surface area contributed by atoms with Crippen molar-refractivity contribution < 1.29 is 73.8 Å².